The third-order valence-corrected chi connectivity index (χ3v) is 3.44. The van der Waals surface area contributed by atoms with E-state index in [1.807, 2.05) is 0 Å². The number of hydrogen-bond acceptors (Lipinski definition) is 7. The molecule has 0 saturated heterocycles. The van der Waals surface area contributed by atoms with Crippen LogP contribution in [0.1, 0.15) is 10.4 Å². The van der Waals surface area contributed by atoms with Crippen molar-refractivity contribution in [2.75, 3.05) is 18.6 Å². The maximum atomic E-state index is 11.7. The lowest BCUT2D eigenvalue weighted by atomic mass is 10.2. The topological polar surface area (TPSA) is 124 Å². The number of esters is 1. The van der Waals surface area contributed by atoms with E-state index in [0.717, 1.165) is 11.8 Å². The summed E-state index contributed by atoms with van der Waals surface area (Å²) in [6.45, 7) is 0. The van der Waals surface area contributed by atoms with Crippen LogP contribution in [0, 0.1) is 0 Å². The van der Waals surface area contributed by atoms with Crippen molar-refractivity contribution in [1.82, 2.24) is 9.97 Å². The van der Waals surface area contributed by atoms with Crippen molar-refractivity contribution < 1.29 is 9.53 Å². The monoisotopic (exact) mass is 292 g/mol. The Labute approximate surface area is 118 Å². The van der Waals surface area contributed by atoms with E-state index in [-0.39, 0.29) is 16.5 Å². The number of hydrogen-bond donors (Lipinski definition) is 3. The summed E-state index contributed by atoms with van der Waals surface area (Å²) < 4.78 is 4.69. The molecule has 0 amide bonds. The van der Waals surface area contributed by atoms with E-state index >= 15 is 0 Å². The number of rotatable bonds is 3. The van der Waals surface area contributed by atoms with Gasteiger partial charge in [0.2, 0.25) is 0 Å². The number of aromatic nitrogens is 2. The molecule has 0 saturated carbocycles. The van der Waals surface area contributed by atoms with Crippen LogP contribution >= 0.6 is 11.8 Å². The highest BCUT2D eigenvalue weighted by atomic mass is 32.2. The van der Waals surface area contributed by atoms with Crippen molar-refractivity contribution in [2.24, 2.45) is 0 Å². The predicted octanol–water partition coefficient (Wildman–Crippen LogP) is 0.872. The number of anilines is 2. The highest BCUT2D eigenvalue weighted by Gasteiger charge is 2.16. The second kappa shape index (κ2) is 5.66. The van der Waals surface area contributed by atoms with Crippen LogP contribution in [-0.2, 0) is 4.74 Å². The van der Waals surface area contributed by atoms with Gasteiger partial charge >= 0.3 is 5.97 Å². The maximum absolute atomic E-state index is 11.7. The predicted molar refractivity (Wildman–Crippen MR) is 75.6 cm³/mol. The summed E-state index contributed by atoms with van der Waals surface area (Å²) in [5, 5.41) is 0.248. The van der Waals surface area contributed by atoms with Crippen LogP contribution in [0.5, 0.6) is 0 Å². The summed E-state index contributed by atoms with van der Waals surface area (Å²) in [7, 11) is 1.28. The molecule has 0 unspecified atom stereocenters. The quantitative estimate of drug-likeness (QED) is 0.435. The highest BCUT2D eigenvalue weighted by Crippen LogP contribution is 2.33. The molecule has 0 atom stereocenters. The van der Waals surface area contributed by atoms with Gasteiger partial charge in [-0.2, -0.15) is 0 Å². The van der Waals surface area contributed by atoms with Gasteiger partial charge in [0.1, 0.15) is 5.82 Å². The number of carbonyl (C=O) groups is 1. The van der Waals surface area contributed by atoms with Crippen molar-refractivity contribution in [3.8, 4) is 0 Å². The molecule has 2 aromatic rings. The normalized spacial score (nSPS) is 10.2. The Morgan fingerprint density at radius 2 is 2.15 bits per heavy atom. The highest BCUT2D eigenvalue weighted by molar-refractivity contribution is 7.99. The van der Waals surface area contributed by atoms with Gasteiger partial charge in [0, 0.05) is 11.8 Å². The Balaban J connectivity index is 2.47. The summed E-state index contributed by atoms with van der Waals surface area (Å²) in [6.07, 6.45) is 0. The summed E-state index contributed by atoms with van der Waals surface area (Å²) in [5.41, 5.74) is 11.7. The molecule has 0 spiro atoms. The number of nitrogens with one attached hydrogen (secondary N) is 1. The van der Waals surface area contributed by atoms with Gasteiger partial charge < -0.3 is 21.2 Å². The van der Waals surface area contributed by atoms with E-state index in [1.165, 1.54) is 13.2 Å². The van der Waals surface area contributed by atoms with Gasteiger partial charge in [-0.1, -0.05) is 6.07 Å². The van der Waals surface area contributed by atoms with E-state index in [0.29, 0.717) is 16.1 Å². The van der Waals surface area contributed by atoms with Crippen molar-refractivity contribution in [1.29, 1.82) is 0 Å². The first-order valence-corrected chi connectivity index (χ1v) is 6.34. The molecule has 1 heterocycles. The first-order chi connectivity index (χ1) is 9.51. The molecule has 104 valence electrons. The van der Waals surface area contributed by atoms with Gasteiger partial charge in [-0.25, -0.2) is 9.78 Å². The smallest absolute Gasteiger partial charge is 0.339 e. The van der Waals surface area contributed by atoms with Gasteiger partial charge in [0.05, 0.1) is 17.6 Å². The van der Waals surface area contributed by atoms with Crippen LogP contribution in [-0.4, -0.2) is 23.0 Å². The van der Waals surface area contributed by atoms with E-state index in [1.54, 1.807) is 18.2 Å². The maximum Gasteiger partial charge on any atom is 0.339 e. The third kappa shape index (κ3) is 2.91. The molecular weight excluding hydrogens is 280 g/mol. The van der Waals surface area contributed by atoms with Crippen molar-refractivity contribution in [3.05, 3.63) is 40.2 Å². The Hall–Kier alpha value is -2.48. The zero-order chi connectivity index (χ0) is 14.7. The second-order valence-electron chi connectivity index (χ2n) is 3.79. The van der Waals surface area contributed by atoms with E-state index in [2.05, 4.69) is 9.97 Å². The Morgan fingerprint density at radius 3 is 2.80 bits per heavy atom. The molecule has 0 bridgehead atoms. The average molecular weight is 292 g/mol. The molecule has 0 fully saturated rings. The molecule has 1 aromatic carbocycles. The number of benzene rings is 1. The summed E-state index contributed by atoms with van der Waals surface area (Å²) >= 11 is 1.04. The number of nitrogen functional groups attached to an aromatic ring is 2. The number of ether oxygens (including phenoxy) is 1. The van der Waals surface area contributed by atoms with Gasteiger partial charge in [-0.15, -0.1) is 0 Å². The molecule has 2 rings (SSSR count). The summed E-state index contributed by atoms with van der Waals surface area (Å²) in [5.74, 6) is -0.434. The number of aromatic amines is 1. The number of H-pyrrole nitrogens is 1. The SMILES string of the molecule is COC(=O)c1cccc(N)c1Sc1nc(N)cc(=O)[nH]1. The largest absolute Gasteiger partial charge is 0.465 e. The van der Waals surface area contributed by atoms with E-state index in [9.17, 15) is 9.59 Å². The van der Waals surface area contributed by atoms with Crippen molar-refractivity contribution >= 4 is 29.2 Å². The Kier molecular flexibility index (Phi) is 3.94. The standard InChI is InChI=1S/C12H12N4O3S/c1-19-11(18)6-3-2-4-7(13)10(6)20-12-15-8(14)5-9(17)16-12/h2-5H,13H2,1H3,(H3,14,15,16,17). The van der Waals surface area contributed by atoms with E-state index in [4.69, 9.17) is 16.2 Å². The molecular formula is C12H12N4O3S. The zero-order valence-electron chi connectivity index (χ0n) is 10.5. The molecule has 0 aliphatic heterocycles. The van der Waals surface area contributed by atoms with Crippen LogP contribution in [0.25, 0.3) is 0 Å². The van der Waals surface area contributed by atoms with Gasteiger partial charge in [-0.3, -0.25) is 4.79 Å². The second-order valence-corrected chi connectivity index (χ2v) is 4.79. The lowest BCUT2D eigenvalue weighted by molar-refractivity contribution is 0.0597. The number of methoxy groups -OCH3 is 1. The molecule has 7 nitrogen and oxygen atoms in total. The average Bonchev–Trinajstić information content (AvgIpc) is 2.39. The van der Waals surface area contributed by atoms with Crippen LogP contribution in [0.3, 0.4) is 0 Å². The first-order valence-electron chi connectivity index (χ1n) is 5.52. The van der Waals surface area contributed by atoms with E-state index < -0.39 is 5.97 Å². The minimum Gasteiger partial charge on any atom is -0.465 e. The third-order valence-electron chi connectivity index (χ3n) is 2.39. The molecule has 0 aliphatic rings. The minimum absolute atomic E-state index is 0.0883. The van der Waals surface area contributed by atoms with Gasteiger partial charge in [-0.05, 0) is 23.9 Å². The molecule has 5 N–H and O–H groups in total. The first kappa shape index (κ1) is 13.9. The summed E-state index contributed by atoms with van der Waals surface area (Å²) in [6, 6.07) is 6.02. The lowest BCUT2D eigenvalue weighted by Crippen LogP contribution is -2.10. The molecule has 20 heavy (non-hydrogen) atoms. The zero-order valence-corrected chi connectivity index (χ0v) is 11.4. The molecule has 1 aromatic heterocycles. The fraction of sp³-hybridized carbons (Fsp3) is 0.0833. The number of carbonyl (C=O) groups excluding carboxylic acids is 1. The van der Waals surface area contributed by atoms with Crippen LogP contribution in [0.15, 0.2) is 39.1 Å². The molecule has 0 radical (unpaired) electrons. The lowest BCUT2D eigenvalue weighted by Gasteiger charge is -2.09. The van der Waals surface area contributed by atoms with Crippen LogP contribution < -0.4 is 17.0 Å². The minimum atomic E-state index is -0.522. The fourth-order valence-corrected chi connectivity index (χ4v) is 2.48. The fourth-order valence-electron chi connectivity index (χ4n) is 1.54. The molecule has 0 aliphatic carbocycles. The van der Waals surface area contributed by atoms with Gasteiger partial charge in [0.15, 0.2) is 5.16 Å². The Bertz CT molecular complexity index is 714. The van der Waals surface area contributed by atoms with Crippen LogP contribution in [0.2, 0.25) is 0 Å². The van der Waals surface area contributed by atoms with Gasteiger partial charge in [0.25, 0.3) is 5.56 Å². The van der Waals surface area contributed by atoms with Crippen molar-refractivity contribution in [3.63, 3.8) is 0 Å². The summed E-state index contributed by atoms with van der Waals surface area (Å²) in [4.78, 5) is 30.0. The Morgan fingerprint density at radius 1 is 1.40 bits per heavy atom. The number of nitrogens with zero attached hydrogens (tertiary/aromatic N) is 1. The van der Waals surface area contributed by atoms with Crippen molar-refractivity contribution in [2.45, 2.75) is 10.1 Å². The number of nitrogens with two attached hydrogens (primary N) is 2. The molecule has 8 heteroatoms. The van der Waals surface area contributed by atoms with Crippen LogP contribution in [0.4, 0.5) is 11.5 Å².